The van der Waals surface area contributed by atoms with Gasteiger partial charge < -0.3 is 15.0 Å². The summed E-state index contributed by atoms with van der Waals surface area (Å²) in [5.41, 5.74) is 0.742. The molecule has 1 aromatic carbocycles. The Labute approximate surface area is 175 Å². The first-order valence-electron chi connectivity index (χ1n) is 10.2. The molecule has 2 aromatic rings. The van der Waals surface area contributed by atoms with Gasteiger partial charge in [-0.25, -0.2) is 0 Å². The van der Waals surface area contributed by atoms with Crippen LogP contribution in [0.25, 0.3) is 0 Å². The summed E-state index contributed by atoms with van der Waals surface area (Å²) in [5.74, 6) is 0.837. The predicted octanol–water partition coefficient (Wildman–Crippen LogP) is 3.52. The number of methoxy groups -OCH3 is 1. The van der Waals surface area contributed by atoms with E-state index in [0.29, 0.717) is 6.54 Å². The van der Waals surface area contributed by atoms with Crippen molar-refractivity contribution < 1.29 is 14.3 Å². The van der Waals surface area contributed by atoms with Crippen LogP contribution < -0.4 is 10.1 Å². The van der Waals surface area contributed by atoms with Gasteiger partial charge in [-0.05, 0) is 67.9 Å². The fourth-order valence-electron chi connectivity index (χ4n) is 4.32. The summed E-state index contributed by atoms with van der Waals surface area (Å²) in [6, 6.07) is 11.4. The second-order valence-corrected chi connectivity index (χ2v) is 8.59. The quantitative estimate of drug-likeness (QED) is 0.787. The number of ether oxygens (including phenoxy) is 1. The molecule has 2 amide bonds. The molecule has 2 aliphatic heterocycles. The number of likely N-dealkylation sites (tertiary alicyclic amines) is 2. The van der Waals surface area contributed by atoms with Crippen molar-refractivity contribution >= 4 is 28.8 Å². The van der Waals surface area contributed by atoms with E-state index < -0.39 is 0 Å². The van der Waals surface area contributed by atoms with E-state index in [4.69, 9.17) is 4.74 Å². The summed E-state index contributed by atoms with van der Waals surface area (Å²) < 4.78 is 5.16. The van der Waals surface area contributed by atoms with Gasteiger partial charge in [0.2, 0.25) is 11.8 Å². The highest BCUT2D eigenvalue weighted by atomic mass is 32.1. The van der Waals surface area contributed by atoms with Crippen LogP contribution in [-0.2, 0) is 9.59 Å². The minimum Gasteiger partial charge on any atom is -0.497 e. The average Bonchev–Trinajstić information content (AvgIpc) is 3.48. The number of hydrogen-bond acceptors (Lipinski definition) is 5. The number of carbonyl (C=O) groups is 2. The maximum absolute atomic E-state index is 13.0. The SMILES string of the molecule is COc1ccc(NC(=O)C2CCCN2CC(=O)N2CCCC2c2cccs2)cc1. The maximum Gasteiger partial charge on any atom is 0.241 e. The van der Waals surface area contributed by atoms with Gasteiger partial charge >= 0.3 is 0 Å². The summed E-state index contributed by atoms with van der Waals surface area (Å²) in [6.45, 7) is 1.89. The van der Waals surface area contributed by atoms with E-state index in [1.807, 2.05) is 40.1 Å². The van der Waals surface area contributed by atoms with Crippen LogP contribution in [0.15, 0.2) is 41.8 Å². The number of anilines is 1. The van der Waals surface area contributed by atoms with Crippen LogP contribution in [0.1, 0.15) is 36.6 Å². The highest BCUT2D eigenvalue weighted by Crippen LogP contribution is 2.34. The number of amides is 2. The molecule has 2 unspecified atom stereocenters. The second kappa shape index (κ2) is 8.97. The normalized spacial score (nSPS) is 22.0. The third-order valence-corrected chi connectivity index (χ3v) is 6.78. The summed E-state index contributed by atoms with van der Waals surface area (Å²) in [4.78, 5) is 31.2. The second-order valence-electron chi connectivity index (χ2n) is 7.61. The molecular formula is C22H27N3O3S. The number of hydrogen-bond donors (Lipinski definition) is 1. The van der Waals surface area contributed by atoms with E-state index in [-0.39, 0.29) is 23.9 Å². The van der Waals surface area contributed by atoms with Crippen LogP contribution in [0.4, 0.5) is 5.69 Å². The lowest BCUT2D eigenvalue weighted by Gasteiger charge is -2.28. The average molecular weight is 414 g/mol. The number of nitrogens with one attached hydrogen (secondary N) is 1. The van der Waals surface area contributed by atoms with Crippen molar-refractivity contribution in [3.63, 3.8) is 0 Å². The summed E-state index contributed by atoms with van der Waals surface area (Å²) in [7, 11) is 1.62. The molecule has 154 valence electrons. The van der Waals surface area contributed by atoms with Gasteiger partial charge in [-0.1, -0.05) is 6.07 Å². The number of carbonyl (C=O) groups excluding carboxylic acids is 2. The molecular weight excluding hydrogens is 386 g/mol. The van der Waals surface area contributed by atoms with E-state index in [1.54, 1.807) is 18.4 Å². The van der Waals surface area contributed by atoms with Crippen LogP contribution in [-0.4, -0.2) is 54.4 Å². The van der Waals surface area contributed by atoms with E-state index in [0.717, 1.165) is 50.2 Å². The molecule has 2 saturated heterocycles. The molecule has 0 saturated carbocycles. The lowest BCUT2D eigenvalue weighted by Crippen LogP contribution is -2.46. The maximum atomic E-state index is 13.0. The zero-order valence-electron chi connectivity index (χ0n) is 16.7. The predicted molar refractivity (Wildman–Crippen MR) is 114 cm³/mol. The van der Waals surface area contributed by atoms with Crippen LogP contribution in [0.3, 0.4) is 0 Å². The Morgan fingerprint density at radius 3 is 2.66 bits per heavy atom. The van der Waals surface area contributed by atoms with Crippen LogP contribution in [0.5, 0.6) is 5.75 Å². The van der Waals surface area contributed by atoms with Crippen molar-refractivity contribution in [2.24, 2.45) is 0 Å². The fraction of sp³-hybridized carbons (Fsp3) is 0.455. The third kappa shape index (κ3) is 4.46. The van der Waals surface area contributed by atoms with Gasteiger partial charge in [0.05, 0.1) is 25.7 Å². The molecule has 29 heavy (non-hydrogen) atoms. The lowest BCUT2D eigenvalue weighted by molar-refractivity contribution is -0.134. The molecule has 2 aliphatic rings. The summed E-state index contributed by atoms with van der Waals surface area (Å²) in [6.07, 6.45) is 3.77. The molecule has 2 atom stereocenters. The molecule has 1 N–H and O–H groups in total. The minimum absolute atomic E-state index is 0.0447. The van der Waals surface area contributed by atoms with Crippen molar-refractivity contribution in [2.75, 3.05) is 32.1 Å². The lowest BCUT2D eigenvalue weighted by atomic mass is 10.2. The van der Waals surface area contributed by atoms with Gasteiger partial charge in [0.25, 0.3) is 0 Å². The van der Waals surface area contributed by atoms with Gasteiger partial charge in [-0.3, -0.25) is 14.5 Å². The molecule has 4 rings (SSSR count). The zero-order chi connectivity index (χ0) is 20.2. The Hall–Kier alpha value is -2.38. The van der Waals surface area contributed by atoms with Gasteiger partial charge in [0.15, 0.2) is 0 Å². The molecule has 0 bridgehead atoms. The minimum atomic E-state index is -0.260. The molecule has 0 radical (unpaired) electrons. The number of rotatable bonds is 6. The van der Waals surface area contributed by atoms with Gasteiger partial charge in [-0.2, -0.15) is 0 Å². The number of nitrogens with zero attached hydrogens (tertiary/aromatic N) is 2. The van der Waals surface area contributed by atoms with Crippen molar-refractivity contribution in [2.45, 2.75) is 37.8 Å². The van der Waals surface area contributed by atoms with E-state index in [2.05, 4.69) is 16.8 Å². The Balaban J connectivity index is 1.37. The van der Waals surface area contributed by atoms with E-state index in [1.165, 1.54) is 4.88 Å². The topological polar surface area (TPSA) is 61.9 Å². The van der Waals surface area contributed by atoms with Crippen LogP contribution in [0, 0.1) is 0 Å². The summed E-state index contributed by atoms with van der Waals surface area (Å²) >= 11 is 1.71. The molecule has 7 heteroatoms. The van der Waals surface area contributed by atoms with E-state index >= 15 is 0 Å². The highest BCUT2D eigenvalue weighted by Gasteiger charge is 2.36. The fourth-order valence-corrected chi connectivity index (χ4v) is 5.19. The zero-order valence-corrected chi connectivity index (χ0v) is 17.5. The standard InChI is InChI=1S/C22H27N3O3S/c1-28-17-10-8-16(9-11-17)23-22(27)19-6-2-12-24(19)15-21(26)25-13-3-5-18(25)20-7-4-14-29-20/h4,7-11,14,18-19H,2-3,5-6,12-13,15H2,1H3,(H,23,27). The first-order valence-corrected chi connectivity index (χ1v) is 11.1. The van der Waals surface area contributed by atoms with Crippen molar-refractivity contribution in [3.05, 3.63) is 46.7 Å². The Kier molecular flexibility index (Phi) is 6.16. The Morgan fingerprint density at radius 2 is 1.93 bits per heavy atom. The smallest absolute Gasteiger partial charge is 0.241 e. The molecule has 1 aromatic heterocycles. The van der Waals surface area contributed by atoms with Gasteiger partial charge in [0, 0.05) is 17.1 Å². The van der Waals surface area contributed by atoms with Crippen LogP contribution in [0.2, 0.25) is 0 Å². The molecule has 0 aliphatic carbocycles. The molecule has 3 heterocycles. The first kappa shape index (κ1) is 19.9. The van der Waals surface area contributed by atoms with Gasteiger partial charge in [0.1, 0.15) is 5.75 Å². The Bertz CT molecular complexity index is 837. The molecule has 0 spiro atoms. The molecule has 2 fully saturated rings. The Morgan fingerprint density at radius 1 is 1.14 bits per heavy atom. The monoisotopic (exact) mass is 413 g/mol. The first-order chi connectivity index (χ1) is 14.2. The van der Waals surface area contributed by atoms with Crippen molar-refractivity contribution in [1.82, 2.24) is 9.80 Å². The van der Waals surface area contributed by atoms with Crippen molar-refractivity contribution in [3.8, 4) is 5.75 Å². The van der Waals surface area contributed by atoms with Crippen LogP contribution >= 0.6 is 11.3 Å². The number of benzene rings is 1. The number of thiophene rings is 1. The largest absolute Gasteiger partial charge is 0.497 e. The summed E-state index contributed by atoms with van der Waals surface area (Å²) in [5, 5.41) is 5.05. The molecule has 6 nitrogen and oxygen atoms in total. The van der Waals surface area contributed by atoms with Gasteiger partial charge in [-0.15, -0.1) is 11.3 Å². The highest BCUT2D eigenvalue weighted by molar-refractivity contribution is 7.10. The van der Waals surface area contributed by atoms with E-state index in [9.17, 15) is 9.59 Å². The van der Waals surface area contributed by atoms with Crippen molar-refractivity contribution in [1.29, 1.82) is 0 Å². The third-order valence-electron chi connectivity index (χ3n) is 5.81.